The van der Waals surface area contributed by atoms with E-state index in [0.29, 0.717) is 6.54 Å². The Labute approximate surface area is 115 Å². The minimum atomic E-state index is -0.559. The molecule has 19 heavy (non-hydrogen) atoms. The summed E-state index contributed by atoms with van der Waals surface area (Å²) in [5, 5.41) is 0. The average molecular weight is 271 g/mol. The number of amides is 1. The zero-order valence-corrected chi connectivity index (χ0v) is 12.6. The molecule has 1 aliphatic heterocycles. The van der Waals surface area contributed by atoms with Crippen LogP contribution < -0.4 is 0 Å². The Balaban J connectivity index is 2.88. The highest BCUT2D eigenvalue weighted by atomic mass is 16.6. The van der Waals surface area contributed by atoms with Gasteiger partial charge in [-0.1, -0.05) is 13.3 Å². The normalized spacial score (nSPS) is 23.9. The third-order valence-electron chi connectivity index (χ3n) is 3.35. The summed E-state index contributed by atoms with van der Waals surface area (Å²) in [6.45, 7) is 8.03. The van der Waals surface area contributed by atoms with Gasteiger partial charge in [0.15, 0.2) is 0 Å². The zero-order valence-electron chi connectivity index (χ0n) is 12.6. The molecule has 1 heterocycles. The number of nitrogens with zero attached hydrogens (tertiary/aromatic N) is 1. The predicted octanol–water partition coefficient (Wildman–Crippen LogP) is 2.59. The minimum Gasteiger partial charge on any atom is -0.467 e. The van der Waals surface area contributed by atoms with Crippen molar-refractivity contribution in [3.05, 3.63) is 0 Å². The molecule has 1 aliphatic rings. The van der Waals surface area contributed by atoms with Crippen molar-refractivity contribution in [2.45, 2.75) is 58.6 Å². The largest absolute Gasteiger partial charge is 0.467 e. The fourth-order valence-corrected chi connectivity index (χ4v) is 2.47. The standard InChI is InChI=1S/C14H25NO4/c1-6-10-8-7-9-15(11(10)12(16)18-5)13(17)19-14(2,3)4/h10-11H,6-9H2,1-5H3/t10-,11+/m0/s1. The number of likely N-dealkylation sites (tertiary alicyclic amines) is 1. The molecule has 0 bridgehead atoms. The van der Waals surface area contributed by atoms with Gasteiger partial charge in [0.05, 0.1) is 7.11 Å². The number of ether oxygens (including phenoxy) is 2. The lowest BCUT2D eigenvalue weighted by Crippen LogP contribution is -2.54. The summed E-state index contributed by atoms with van der Waals surface area (Å²) in [6.07, 6.45) is 2.25. The van der Waals surface area contributed by atoms with E-state index in [1.807, 2.05) is 27.7 Å². The van der Waals surface area contributed by atoms with Crippen molar-refractivity contribution >= 4 is 12.1 Å². The van der Waals surface area contributed by atoms with Crippen LogP contribution in [0, 0.1) is 5.92 Å². The fraction of sp³-hybridized carbons (Fsp3) is 0.857. The van der Waals surface area contributed by atoms with Gasteiger partial charge in [-0.15, -0.1) is 0 Å². The lowest BCUT2D eigenvalue weighted by atomic mass is 9.87. The molecular weight excluding hydrogens is 246 g/mol. The average Bonchev–Trinajstić information content (AvgIpc) is 2.34. The molecule has 5 heteroatoms. The van der Waals surface area contributed by atoms with E-state index in [-0.39, 0.29) is 11.9 Å². The first-order chi connectivity index (χ1) is 8.80. The van der Waals surface area contributed by atoms with Crippen LogP contribution in [-0.2, 0) is 14.3 Å². The third kappa shape index (κ3) is 4.11. The highest BCUT2D eigenvalue weighted by Gasteiger charge is 2.40. The topological polar surface area (TPSA) is 55.8 Å². The van der Waals surface area contributed by atoms with Gasteiger partial charge in [0, 0.05) is 6.54 Å². The van der Waals surface area contributed by atoms with Crippen molar-refractivity contribution in [2.75, 3.05) is 13.7 Å². The number of hydrogen-bond donors (Lipinski definition) is 0. The van der Waals surface area contributed by atoms with Gasteiger partial charge in [-0.05, 0) is 39.5 Å². The summed E-state index contributed by atoms with van der Waals surface area (Å²) in [6, 6.07) is -0.515. The third-order valence-corrected chi connectivity index (χ3v) is 3.35. The maximum Gasteiger partial charge on any atom is 0.411 e. The van der Waals surface area contributed by atoms with Crippen molar-refractivity contribution < 1.29 is 19.1 Å². The van der Waals surface area contributed by atoms with Gasteiger partial charge in [-0.25, -0.2) is 9.59 Å². The molecule has 2 atom stereocenters. The highest BCUT2D eigenvalue weighted by molar-refractivity contribution is 5.82. The Kier molecular flexibility index (Phi) is 5.20. The molecule has 0 unspecified atom stereocenters. The molecule has 1 saturated heterocycles. The second-order valence-electron chi connectivity index (χ2n) is 5.95. The molecule has 0 aliphatic carbocycles. The number of carbonyl (C=O) groups is 2. The summed E-state index contributed by atoms with van der Waals surface area (Å²) in [5.74, 6) is -0.203. The Morgan fingerprint density at radius 3 is 2.42 bits per heavy atom. The first-order valence-corrected chi connectivity index (χ1v) is 6.87. The number of esters is 1. The minimum absolute atomic E-state index is 0.147. The molecule has 0 saturated carbocycles. The van der Waals surface area contributed by atoms with Gasteiger partial charge in [-0.2, -0.15) is 0 Å². The van der Waals surface area contributed by atoms with Crippen LogP contribution in [0.2, 0.25) is 0 Å². The molecule has 110 valence electrons. The van der Waals surface area contributed by atoms with Gasteiger partial charge in [-0.3, -0.25) is 4.90 Å². The summed E-state index contributed by atoms with van der Waals surface area (Å²) in [5.41, 5.74) is -0.559. The number of carbonyl (C=O) groups excluding carboxylic acids is 2. The van der Waals surface area contributed by atoms with E-state index in [2.05, 4.69) is 0 Å². The van der Waals surface area contributed by atoms with Crippen LogP contribution in [0.15, 0.2) is 0 Å². The number of piperidine rings is 1. The van der Waals surface area contributed by atoms with E-state index in [1.165, 1.54) is 12.0 Å². The summed E-state index contributed by atoms with van der Waals surface area (Å²) in [4.78, 5) is 25.7. The van der Waals surface area contributed by atoms with E-state index in [0.717, 1.165) is 19.3 Å². The number of hydrogen-bond acceptors (Lipinski definition) is 4. The Hall–Kier alpha value is -1.26. The van der Waals surface area contributed by atoms with Crippen molar-refractivity contribution in [1.82, 2.24) is 4.90 Å². The molecule has 0 radical (unpaired) electrons. The molecule has 1 fully saturated rings. The van der Waals surface area contributed by atoms with Crippen molar-refractivity contribution in [2.24, 2.45) is 5.92 Å². The summed E-state index contributed by atoms with van der Waals surface area (Å²) >= 11 is 0. The molecule has 0 aromatic rings. The summed E-state index contributed by atoms with van der Waals surface area (Å²) < 4.78 is 10.2. The molecular formula is C14H25NO4. The maximum absolute atomic E-state index is 12.2. The first kappa shape index (κ1) is 15.8. The lowest BCUT2D eigenvalue weighted by molar-refractivity contribution is -0.150. The number of methoxy groups -OCH3 is 1. The van der Waals surface area contributed by atoms with E-state index in [9.17, 15) is 9.59 Å². The first-order valence-electron chi connectivity index (χ1n) is 6.87. The van der Waals surface area contributed by atoms with E-state index in [1.54, 1.807) is 0 Å². The van der Waals surface area contributed by atoms with Crippen LogP contribution in [0.3, 0.4) is 0 Å². The molecule has 1 amide bonds. The van der Waals surface area contributed by atoms with Gasteiger partial charge in [0.2, 0.25) is 0 Å². The molecule has 0 aromatic heterocycles. The second-order valence-corrected chi connectivity index (χ2v) is 5.95. The van der Waals surface area contributed by atoms with Crippen LogP contribution in [0.25, 0.3) is 0 Å². The Morgan fingerprint density at radius 1 is 1.32 bits per heavy atom. The van der Waals surface area contributed by atoms with Gasteiger partial charge in [0.25, 0.3) is 0 Å². The zero-order chi connectivity index (χ0) is 14.6. The highest BCUT2D eigenvalue weighted by Crippen LogP contribution is 2.28. The van der Waals surface area contributed by atoms with E-state index in [4.69, 9.17) is 9.47 Å². The predicted molar refractivity (Wildman–Crippen MR) is 71.8 cm³/mol. The van der Waals surface area contributed by atoms with Crippen molar-refractivity contribution in [3.63, 3.8) is 0 Å². The van der Waals surface area contributed by atoms with Gasteiger partial charge < -0.3 is 9.47 Å². The van der Waals surface area contributed by atoms with Crippen LogP contribution in [-0.4, -0.2) is 42.3 Å². The van der Waals surface area contributed by atoms with Gasteiger partial charge in [0.1, 0.15) is 11.6 Å². The maximum atomic E-state index is 12.2. The Bertz CT molecular complexity index is 335. The molecule has 0 N–H and O–H groups in total. The summed E-state index contributed by atoms with van der Waals surface area (Å²) in [7, 11) is 1.36. The lowest BCUT2D eigenvalue weighted by Gasteiger charge is -2.39. The smallest absolute Gasteiger partial charge is 0.411 e. The Morgan fingerprint density at radius 2 is 1.95 bits per heavy atom. The van der Waals surface area contributed by atoms with E-state index >= 15 is 0 Å². The fourth-order valence-electron chi connectivity index (χ4n) is 2.47. The van der Waals surface area contributed by atoms with Crippen LogP contribution in [0.4, 0.5) is 4.79 Å². The van der Waals surface area contributed by atoms with Gasteiger partial charge >= 0.3 is 12.1 Å². The van der Waals surface area contributed by atoms with Crippen molar-refractivity contribution in [3.8, 4) is 0 Å². The van der Waals surface area contributed by atoms with Crippen LogP contribution >= 0.6 is 0 Å². The SMILES string of the molecule is CC[C@H]1CCCN(C(=O)OC(C)(C)C)[C@H]1C(=O)OC. The quantitative estimate of drug-likeness (QED) is 0.724. The van der Waals surface area contributed by atoms with Crippen LogP contribution in [0.1, 0.15) is 47.0 Å². The molecule has 1 rings (SSSR count). The van der Waals surface area contributed by atoms with E-state index < -0.39 is 17.7 Å². The second kappa shape index (κ2) is 6.26. The monoisotopic (exact) mass is 271 g/mol. The van der Waals surface area contributed by atoms with Crippen LogP contribution in [0.5, 0.6) is 0 Å². The molecule has 5 nitrogen and oxygen atoms in total. The molecule has 0 aromatic carbocycles. The van der Waals surface area contributed by atoms with Crippen molar-refractivity contribution in [1.29, 1.82) is 0 Å². The number of rotatable bonds is 2. The molecule has 0 spiro atoms.